The number of alkyl halides is 3. The van der Waals surface area contributed by atoms with Gasteiger partial charge >= 0.3 is 6.36 Å². The molecule has 2 aliphatic rings. The Balaban J connectivity index is 1.25. The third-order valence-electron chi connectivity index (χ3n) is 6.26. The molecule has 0 spiro atoms. The van der Waals surface area contributed by atoms with E-state index in [-0.39, 0.29) is 49.9 Å². The summed E-state index contributed by atoms with van der Waals surface area (Å²) >= 11 is 5.94. The molecule has 1 amide bonds. The number of aliphatic hydroxyl groups is 2. The maximum Gasteiger partial charge on any atom is 0.522 e. The topological polar surface area (TPSA) is 127 Å². The minimum atomic E-state index is -4.70. The molecule has 1 aromatic heterocycles. The standard InChI is InChI=1S/C23H25ClF3N3O6/c1-2-22(33,21-30-29-20(35-21)12-8-14(9-12)36-23(25,26)27)6-3-7-28-19(32)18-11-16(31)15-10-13(24)4-5-17(15)34-18/h2,4-5,10,12,14,16,18,31,33H,1,3,6-9,11H2,(H,28,32)/t12?,14?,16-,18-,22?/m1/s1. The van der Waals surface area contributed by atoms with Gasteiger partial charge in [-0.1, -0.05) is 24.3 Å². The second kappa shape index (κ2) is 10.4. The zero-order valence-corrected chi connectivity index (χ0v) is 19.8. The molecule has 1 saturated carbocycles. The van der Waals surface area contributed by atoms with E-state index < -0.39 is 36.2 Å². The highest BCUT2D eigenvalue weighted by molar-refractivity contribution is 6.30. The van der Waals surface area contributed by atoms with Crippen molar-refractivity contribution in [3.05, 3.63) is 53.2 Å². The lowest BCUT2D eigenvalue weighted by atomic mass is 9.82. The molecule has 3 N–H and O–H groups in total. The molecule has 1 aromatic carbocycles. The summed E-state index contributed by atoms with van der Waals surface area (Å²) in [5.41, 5.74) is -1.16. The Bertz CT molecular complexity index is 1110. The number of nitrogens with zero attached hydrogens (tertiary/aromatic N) is 2. The number of ether oxygens (including phenoxy) is 2. The Labute approximate surface area is 209 Å². The average molecular weight is 532 g/mol. The number of hydrogen-bond donors (Lipinski definition) is 3. The average Bonchev–Trinajstić information content (AvgIpc) is 3.28. The van der Waals surface area contributed by atoms with Crippen LogP contribution in [0.5, 0.6) is 5.75 Å². The molecule has 1 unspecified atom stereocenters. The number of nitrogens with one attached hydrogen (secondary N) is 1. The molecule has 13 heteroatoms. The second-order valence-electron chi connectivity index (χ2n) is 8.86. The van der Waals surface area contributed by atoms with Gasteiger partial charge in [0.05, 0.1) is 12.2 Å². The summed E-state index contributed by atoms with van der Waals surface area (Å²) in [6, 6.07) is 4.79. The van der Waals surface area contributed by atoms with Crippen LogP contribution in [-0.4, -0.2) is 51.4 Å². The molecule has 9 nitrogen and oxygen atoms in total. The first-order valence-corrected chi connectivity index (χ1v) is 11.7. The second-order valence-corrected chi connectivity index (χ2v) is 9.30. The van der Waals surface area contributed by atoms with Gasteiger partial charge in [-0.2, -0.15) is 0 Å². The zero-order chi connectivity index (χ0) is 26.1. The Morgan fingerprint density at radius 3 is 2.75 bits per heavy atom. The number of rotatable bonds is 9. The fraction of sp³-hybridized carbons (Fsp3) is 0.522. The van der Waals surface area contributed by atoms with Gasteiger partial charge in [-0.3, -0.25) is 9.53 Å². The monoisotopic (exact) mass is 531 g/mol. The van der Waals surface area contributed by atoms with E-state index >= 15 is 0 Å². The summed E-state index contributed by atoms with van der Waals surface area (Å²) in [6.07, 6.45) is -5.61. The molecule has 1 aliphatic carbocycles. The number of hydrogen-bond acceptors (Lipinski definition) is 8. The molecule has 0 bridgehead atoms. The van der Waals surface area contributed by atoms with Crippen LogP contribution in [0, 0.1) is 0 Å². The van der Waals surface area contributed by atoms with Crippen LogP contribution in [0.15, 0.2) is 35.3 Å². The van der Waals surface area contributed by atoms with Crippen LogP contribution in [0.3, 0.4) is 0 Å². The molecule has 1 fully saturated rings. The van der Waals surface area contributed by atoms with Crippen molar-refractivity contribution in [2.75, 3.05) is 6.54 Å². The predicted octanol–water partition coefficient (Wildman–Crippen LogP) is 3.66. The van der Waals surface area contributed by atoms with Gasteiger partial charge in [0.25, 0.3) is 11.8 Å². The third-order valence-corrected chi connectivity index (χ3v) is 6.49. The van der Waals surface area contributed by atoms with E-state index in [0.717, 1.165) is 0 Å². The lowest BCUT2D eigenvalue weighted by Crippen LogP contribution is -2.42. The molecule has 4 rings (SSSR count). The van der Waals surface area contributed by atoms with Crippen molar-refractivity contribution in [1.82, 2.24) is 15.5 Å². The van der Waals surface area contributed by atoms with E-state index in [0.29, 0.717) is 22.8 Å². The van der Waals surface area contributed by atoms with Crippen LogP contribution < -0.4 is 10.1 Å². The molecule has 1 aliphatic heterocycles. The summed E-state index contributed by atoms with van der Waals surface area (Å²) < 4.78 is 52.0. The Morgan fingerprint density at radius 1 is 1.31 bits per heavy atom. The van der Waals surface area contributed by atoms with E-state index in [4.69, 9.17) is 20.8 Å². The van der Waals surface area contributed by atoms with Crippen LogP contribution in [0.4, 0.5) is 13.2 Å². The molecule has 36 heavy (non-hydrogen) atoms. The van der Waals surface area contributed by atoms with Crippen molar-refractivity contribution in [3.63, 3.8) is 0 Å². The van der Waals surface area contributed by atoms with E-state index in [1.807, 2.05) is 0 Å². The highest BCUT2D eigenvalue weighted by Gasteiger charge is 2.43. The predicted molar refractivity (Wildman–Crippen MR) is 119 cm³/mol. The number of fused-ring (bicyclic) bond motifs is 1. The highest BCUT2D eigenvalue weighted by atomic mass is 35.5. The number of halogens is 4. The maximum absolute atomic E-state index is 12.5. The SMILES string of the molecule is C=CC(O)(CCCNC(=O)[C@H]1C[C@@H](O)c2cc(Cl)ccc2O1)c1nnc(C2CC(OC(F)(F)F)C2)o1. The highest BCUT2D eigenvalue weighted by Crippen LogP contribution is 2.41. The number of amides is 1. The molecular formula is C23H25ClF3N3O6. The van der Waals surface area contributed by atoms with E-state index in [1.54, 1.807) is 18.2 Å². The van der Waals surface area contributed by atoms with Crippen LogP contribution in [0.1, 0.15) is 61.5 Å². The quantitative estimate of drug-likeness (QED) is 0.330. The van der Waals surface area contributed by atoms with Gasteiger partial charge in [0, 0.05) is 29.5 Å². The minimum absolute atomic E-state index is 0.0660. The van der Waals surface area contributed by atoms with Crippen molar-refractivity contribution in [1.29, 1.82) is 0 Å². The van der Waals surface area contributed by atoms with Gasteiger partial charge in [-0.15, -0.1) is 23.4 Å². The number of carbonyl (C=O) groups excluding carboxylic acids is 1. The molecule has 0 radical (unpaired) electrons. The number of aromatic nitrogens is 2. The molecule has 2 heterocycles. The third kappa shape index (κ3) is 6.00. The molecule has 3 atom stereocenters. The fourth-order valence-electron chi connectivity index (χ4n) is 4.19. The molecule has 196 valence electrons. The summed E-state index contributed by atoms with van der Waals surface area (Å²) in [5.74, 6) is -0.436. The summed E-state index contributed by atoms with van der Waals surface area (Å²) in [6.45, 7) is 3.78. The van der Waals surface area contributed by atoms with Crippen LogP contribution in [0.2, 0.25) is 5.02 Å². The van der Waals surface area contributed by atoms with Gasteiger partial charge < -0.3 is 24.7 Å². The van der Waals surface area contributed by atoms with Gasteiger partial charge in [0.15, 0.2) is 11.7 Å². The van der Waals surface area contributed by atoms with Crippen molar-refractivity contribution in [2.45, 2.75) is 68.3 Å². The fourth-order valence-corrected chi connectivity index (χ4v) is 4.37. The first-order valence-electron chi connectivity index (χ1n) is 11.3. The lowest BCUT2D eigenvalue weighted by molar-refractivity contribution is -0.352. The molecule has 0 saturated heterocycles. The Morgan fingerprint density at radius 2 is 2.06 bits per heavy atom. The van der Waals surface area contributed by atoms with E-state index in [9.17, 15) is 28.2 Å². The first-order chi connectivity index (χ1) is 17.0. The van der Waals surface area contributed by atoms with E-state index in [1.165, 1.54) is 6.08 Å². The van der Waals surface area contributed by atoms with Gasteiger partial charge in [0.2, 0.25) is 5.89 Å². The summed E-state index contributed by atoms with van der Waals surface area (Å²) in [5, 5.41) is 32.1. The Hall–Kier alpha value is -2.67. The van der Waals surface area contributed by atoms with E-state index in [2.05, 4.69) is 26.8 Å². The minimum Gasteiger partial charge on any atom is -0.480 e. The van der Waals surface area contributed by atoms with Crippen LogP contribution in [-0.2, 0) is 15.1 Å². The van der Waals surface area contributed by atoms with Crippen LogP contribution in [0.25, 0.3) is 0 Å². The van der Waals surface area contributed by atoms with Crippen LogP contribution >= 0.6 is 11.6 Å². The number of aliphatic hydroxyl groups excluding tert-OH is 1. The van der Waals surface area contributed by atoms with Crippen molar-refractivity contribution in [3.8, 4) is 5.75 Å². The van der Waals surface area contributed by atoms with Gasteiger partial charge in [-0.25, -0.2) is 0 Å². The van der Waals surface area contributed by atoms with Crippen molar-refractivity contribution >= 4 is 17.5 Å². The first kappa shape index (κ1) is 26.4. The van der Waals surface area contributed by atoms with Gasteiger partial charge in [0.1, 0.15) is 5.75 Å². The normalized spacial score (nSPS) is 25.2. The number of benzene rings is 1. The summed E-state index contributed by atoms with van der Waals surface area (Å²) in [4.78, 5) is 12.5. The zero-order valence-electron chi connectivity index (χ0n) is 19.0. The Kier molecular flexibility index (Phi) is 7.60. The molecule has 2 aromatic rings. The lowest BCUT2D eigenvalue weighted by Gasteiger charge is -2.32. The largest absolute Gasteiger partial charge is 0.522 e. The van der Waals surface area contributed by atoms with Gasteiger partial charge in [-0.05, 0) is 43.9 Å². The smallest absolute Gasteiger partial charge is 0.480 e. The maximum atomic E-state index is 12.5. The molecular weight excluding hydrogens is 507 g/mol. The van der Waals surface area contributed by atoms with Crippen molar-refractivity contribution in [2.24, 2.45) is 0 Å². The number of carbonyl (C=O) groups is 1. The summed E-state index contributed by atoms with van der Waals surface area (Å²) in [7, 11) is 0. The van der Waals surface area contributed by atoms with Crippen molar-refractivity contribution < 1.29 is 42.1 Å².